The van der Waals surface area contributed by atoms with Gasteiger partial charge in [0.15, 0.2) is 5.71 Å². The molecule has 0 aromatic heterocycles. The fourth-order valence-corrected chi connectivity index (χ4v) is 11.1. The van der Waals surface area contributed by atoms with Gasteiger partial charge in [-0.3, -0.25) is 13.9 Å². The van der Waals surface area contributed by atoms with Crippen LogP contribution < -0.4 is 4.90 Å². The molecule has 13 heteroatoms. The highest BCUT2D eigenvalue weighted by Gasteiger charge is 2.46. The molecule has 0 saturated heterocycles. The third-order valence-electron chi connectivity index (χ3n) is 12.6. The Morgan fingerprint density at radius 3 is 2.05 bits per heavy atom. The standard InChI is InChI=1S/C49H55ClN2O8S2/c1-6-60-47(53)37-31-35(21-25-42-48(2,3)44-38-17-9-7-15-33(38)19-23-40(44)51(42)27-11-13-29-61(54,55)56)46(50)36(32-37)22-26-43-49(4,5)45-39-18-10-8-16-34(39)20-24-41(45)52(43)28-12-14-30-62(57,58)59/h7-10,15-26,37H,6,11-14,27-32H2,1-5H3,(H-,54,55,56,57,58,59)/p+1. The summed E-state index contributed by atoms with van der Waals surface area (Å²) >= 11 is 7.39. The Morgan fingerprint density at radius 1 is 0.790 bits per heavy atom. The third kappa shape index (κ3) is 9.36. The summed E-state index contributed by atoms with van der Waals surface area (Å²) < 4.78 is 73.0. The number of fused-ring (bicyclic) bond motifs is 6. The molecule has 4 aromatic rings. The number of nitrogens with zero attached hydrogens (tertiary/aromatic N) is 2. The maximum Gasteiger partial charge on any atom is 0.309 e. The molecule has 0 amide bonds. The van der Waals surface area contributed by atoms with E-state index in [0.717, 1.165) is 55.5 Å². The number of allylic oxidation sites excluding steroid dienone is 8. The van der Waals surface area contributed by atoms with Gasteiger partial charge in [-0.15, -0.1) is 0 Å². The van der Waals surface area contributed by atoms with Gasteiger partial charge in [-0.1, -0.05) is 92.2 Å². The van der Waals surface area contributed by atoms with Crippen LogP contribution in [0.4, 0.5) is 11.4 Å². The number of anilines is 1. The highest BCUT2D eigenvalue weighted by Crippen LogP contribution is 2.51. The van der Waals surface area contributed by atoms with Gasteiger partial charge in [0.1, 0.15) is 6.54 Å². The molecule has 2 aliphatic heterocycles. The SMILES string of the molecule is CCOC(=O)C1CC(/C=C/C2=[N+](CCCCS(=O)(=O)O)c3ccc4ccccc4c3C2(C)C)=C(Cl)C(=C/C=C2/N(CCCCS(=O)(=O)O)c3ccc4ccccc4c3C2(C)C)/C1. The first-order valence-corrected chi connectivity index (χ1v) is 24.9. The summed E-state index contributed by atoms with van der Waals surface area (Å²) in [5, 5.41) is 5.06. The van der Waals surface area contributed by atoms with Gasteiger partial charge >= 0.3 is 5.97 Å². The Labute approximate surface area is 370 Å². The van der Waals surface area contributed by atoms with Crippen LogP contribution in [-0.4, -0.2) is 73.4 Å². The van der Waals surface area contributed by atoms with Gasteiger partial charge in [0.05, 0.1) is 29.4 Å². The molecule has 0 fully saturated rings. The van der Waals surface area contributed by atoms with E-state index in [-0.39, 0.29) is 24.1 Å². The maximum absolute atomic E-state index is 13.5. The number of ether oxygens (including phenoxy) is 1. The van der Waals surface area contributed by atoms with Crippen molar-refractivity contribution in [3.63, 3.8) is 0 Å². The van der Waals surface area contributed by atoms with Crippen LogP contribution in [-0.2, 0) is 40.6 Å². The van der Waals surface area contributed by atoms with E-state index in [9.17, 15) is 30.7 Å². The first-order valence-electron chi connectivity index (χ1n) is 21.3. The monoisotopic (exact) mass is 899 g/mol. The summed E-state index contributed by atoms with van der Waals surface area (Å²) in [5.74, 6) is -1.39. The molecule has 2 N–H and O–H groups in total. The smallest absolute Gasteiger partial charge is 0.309 e. The van der Waals surface area contributed by atoms with Crippen LogP contribution in [0.15, 0.2) is 119 Å². The second-order valence-corrected chi connectivity index (χ2v) is 21.1. The van der Waals surface area contributed by atoms with E-state index in [1.807, 2.05) is 36.4 Å². The topological polar surface area (TPSA) is 141 Å². The molecular weight excluding hydrogens is 844 g/mol. The van der Waals surface area contributed by atoms with Crippen LogP contribution in [0.3, 0.4) is 0 Å². The van der Waals surface area contributed by atoms with Crippen LogP contribution in [0, 0.1) is 5.92 Å². The number of esters is 1. The molecule has 1 atom stereocenters. The Kier molecular flexibility index (Phi) is 13.1. The van der Waals surface area contributed by atoms with Crippen molar-refractivity contribution in [2.45, 2.75) is 84.0 Å². The van der Waals surface area contributed by atoms with E-state index in [1.165, 1.54) is 11.1 Å². The van der Waals surface area contributed by atoms with Crippen LogP contribution in [0.25, 0.3) is 21.5 Å². The summed E-state index contributed by atoms with van der Waals surface area (Å²) in [6, 6.07) is 25.0. The van der Waals surface area contributed by atoms with Crippen LogP contribution in [0.1, 0.15) is 84.3 Å². The van der Waals surface area contributed by atoms with Gasteiger partial charge in [-0.25, -0.2) is 0 Å². The lowest BCUT2D eigenvalue weighted by molar-refractivity contribution is -0.438. The average Bonchev–Trinajstić information content (AvgIpc) is 3.57. The molecule has 4 aromatic carbocycles. The lowest BCUT2D eigenvalue weighted by Gasteiger charge is -2.28. The van der Waals surface area contributed by atoms with Gasteiger partial charge in [-0.2, -0.15) is 21.4 Å². The van der Waals surface area contributed by atoms with Crippen molar-refractivity contribution < 1.29 is 40.0 Å². The molecule has 328 valence electrons. The Bertz CT molecular complexity index is 2820. The number of hydrogen-bond acceptors (Lipinski definition) is 7. The molecule has 7 rings (SSSR count). The lowest BCUT2D eigenvalue weighted by Crippen LogP contribution is -2.28. The molecule has 2 heterocycles. The molecule has 1 unspecified atom stereocenters. The summed E-state index contributed by atoms with van der Waals surface area (Å²) in [6.07, 6.45) is 10.6. The number of carbonyl (C=O) groups excluding carboxylic acids is 1. The molecule has 0 bridgehead atoms. The number of rotatable bonds is 15. The molecule has 0 saturated carbocycles. The van der Waals surface area contributed by atoms with Crippen LogP contribution in [0.5, 0.6) is 0 Å². The van der Waals surface area contributed by atoms with Crippen molar-refractivity contribution in [2.75, 3.05) is 36.1 Å². The molecule has 1 aliphatic carbocycles. The zero-order chi connectivity index (χ0) is 44.6. The molecule has 62 heavy (non-hydrogen) atoms. The van der Waals surface area contributed by atoms with Gasteiger partial charge in [0, 0.05) is 52.5 Å². The number of halogens is 1. The van der Waals surface area contributed by atoms with Gasteiger partial charge in [-0.05, 0) is 109 Å². The molecule has 3 aliphatic rings. The number of unbranched alkanes of at least 4 members (excludes halogenated alkanes) is 2. The van der Waals surface area contributed by atoms with Crippen molar-refractivity contribution in [3.8, 4) is 0 Å². The number of benzene rings is 4. The zero-order valence-corrected chi connectivity index (χ0v) is 38.4. The minimum atomic E-state index is -4.09. The average molecular weight is 901 g/mol. The normalized spacial score (nSPS) is 20.0. The Balaban J connectivity index is 1.30. The molecular formula is C49H56ClN2O8S2+. The Morgan fingerprint density at radius 2 is 1.40 bits per heavy atom. The van der Waals surface area contributed by atoms with Crippen molar-refractivity contribution in [1.82, 2.24) is 0 Å². The molecule has 10 nitrogen and oxygen atoms in total. The number of carbonyl (C=O) groups is 1. The summed E-state index contributed by atoms with van der Waals surface area (Å²) in [5.41, 5.74) is 7.07. The van der Waals surface area contributed by atoms with Gasteiger partial charge < -0.3 is 9.64 Å². The molecule has 0 radical (unpaired) electrons. The lowest BCUT2D eigenvalue weighted by atomic mass is 9.78. The first-order chi connectivity index (χ1) is 29.3. The fourth-order valence-electron chi connectivity index (χ4n) is 9.72. The van der Waals surface area contributed by atoms with Crippen molar-refractivity contribution >= 4 is 76.4 Å². The van der Waals surface area contributed by atoms with E-state index in [0.29, 0.717) is 56.6 Å². The molecule has 0 spiro atoms. The highest BCUT2D eigenvalue weighted by atomic mass is 35.5. The summed E-state index contributed by atoms with van der Waals surface area (Å²) in [7, 11) is -8.18. The van der Waals surface area contributed by atoms with Gasteiger partial charge in [0.2, 0.25) is 5.69 Å². The second-order valence-electron chi connectivity index (χ2n) is 17.6. The van der Waals surface area contributed by atoms with Gasteiger partial charge in [0.25, 0.3) is 20.2 Å². The zero-order valence-electron chi connectivity index (χ0n) is 36.0. The maximum atomic E-state index is 13.5. The van der Waals surface area contributed by atoms with E-state index >= 15 is 0 Å². The van der Waals surface area contributed by atoms with Crippen molar-refractivity contribution in [3.05, 3.63) is 130 Å². The first kappa shape index (κ1) is 45.4. The second kappa shape index (κ2) is 17.9. The van der Waals surface area contributed by atoms with E-state index in [4.69, 9.17) is 16.3 Å². The Hall–Kier alpha value is -4.59. The minimum absolute atomic E-state index is 0.249. The largest absolute Gasteiger partial charge is 0.466 e. The fraction of sp³-hybridized carbons (Fsp3) is 0.388. The van der Waals surface area contributed by atoms with Crippen LogP contribution in [0.2, 0.25) is 0 Å². The van der Waals surface area contributed by atoms with E-state index in [1.54, 1.807) is 6.92 Å². The van der Waals surface area contributed by atoms with E-state index in [2.05, 4.69) is 97.9 Å². The summed E-state index contributed by atoms with van der Waals surface area (Å²) in [6.45, 7) is 11.8. The van der Waals surface area contributed by atoms with Crippen molar-refractivity contribution in [1.29, 1.82) is 0 Å². The predicted octanol–water partition coefficient (Wildman–Crippen LogP) is 10.3. The predicted molar refractivity (Wildman–Crippen MR) is 250 cm³/mol. The minimum Gasteiger partial charge on any atom is -0.466 e. The number of hydrogen-bond donors (Lipinski definition) is 2. The third-order valence-corrected chi connectivity index (χ3v) is 14.7. The quantitative estimate of drug-likeness (QED) is 0.0516. The van der Waals surface area contributed by atoms with Crippen LogP contribution >= 0.6 is 11.6 Å². The van der Waals surface area contributed by atoms with Crippen molar-refractivity contribution in [2.24, 2.45) is 5.92 Å². The highest BCUT2D eigenvalue weighted by molar-refractivity contribution is 7.86. The van der Waals surface area contributed by atoms with E-state index < -0.39 is 37.0 Å². The summed E-state index contributed by atoms with van der Waals surface area (Å²) in [4.78, 5) is 15.7.